The van der Waals surface area contributed by atoms with Gasteiger partial charge in [-0.2, -0.15) is 0 Å². The van der Waals surface area contributed by atoms with Crippen molar-refractivity contribution in [3.05, 3.63) is 24.2 Å². The molecule has 0 saturated heterocycles. The third-order valence-electron chi connectivity index (χ3n) is 3.37. The second kappa shape index (κ2) is 5.80. The molecule has 18 heavy (non-hydrogen) atoms. The van der Waals surface area contributed by atoms with Crippen molar-refractivity contribution in [2.45, 2.75) is 24.5 Å². The number of hydrogen-bond donors (Lipinski definition) is 1. The maximum absolute atomic E-state index is 11.3. The van der Waals surface area contributed by atoms with Crippen LogP contribution in [0.15, 0.2) is 22.8 Å². The number of ether oxygens (including phenoxy) is 1. The van der Waals surface area contributed by atoms with Gasteiger partial charge in [0.2, 0.25) is 0 Å². The van der Waals surface area contributed by atoms with E-state index in [1.807, 2.05) is 12.1 Å². The number of nitrogens with two attached hydrogens (primary N) is 1. The fourth-order valence-electron chi connectivity index (χ4n) is 1.95. The molecular weight excluding hydrogens is 250 g/mol. The van der Waals surface area contributed by atoms with Crippen molar-refractivity contribution >= 4 is 17.7 Å². The highest BCUT2D eigenvalue weighted by molar-refractivity contribution is 7.99. The van der Waals surface area contributed by atoms with Gasteiger partial charge in [-0.15, -0.1) is 11.8 Å². The zero-order valence-corrected chi connectivity index (χ0v) is 11.4. The highest BCUT2D eigenvalue weighted by atomic mass is 32.2. The maximum atomic E-state index is 11.3. The van der Waals surface area contributed by atoms with Crippen molar-refractivity contribution in [1.29, 1.82) is 0 Å². The normalized spacial score (nSPS) is 18.3. The SMILES string of the molecule is COC(=O)CC1(CSC(CN)c2ccco2)CC1. The largest absolute Gasteiger partial charge is 0.469 e. The van der Waals surface area contributed by atoms with Crippen LogP contribution in [0, 0.1) is 5.41 Å². The van der Waals surface area contributed by atoms with E-state index in [1.165, 1.54) is 7.11 Å². The molecule has 1 saturated carbocycles. The average Bonchev–Trinajstić information content (AvgIpc) is 2.92. The summed E-state index contributed by atoms with van der Waals surface area (Å²) in [5.41, 5.74) is 5.91. The number of methoxy groups -OCH3 is 1. The summed E-state index contributed by atoms with van der Waals surface area (Å²) < 4.78 is 10.1. The lowest BCUT2D eigenvalue weighted by Crippen LogP contribution is -2.16. The second-order valence-corrected chi connectivity index (χ2v) is 5.99. The molecule has 1 aliphatic carbocycles. The summed E-state index contributed by atoms with van der Waals surface area (Å²) in [6.45, 7) is 0.548. The summed E-state index contributed by atoms with van der Waals surface area (Å²) in [6, 6.07) is 3.82. The Morgan fingerprint density at radius 1 is 1.67 bits per heavy atom. The summed E-state index contributed by atoms with van der Waals surface area (Å²) in [4.78, 5) is 11.3. The van der Waals surface area contributed by atoms with Crippen LogP contribution in [0.1, 0.15) is 30.3 Å². The summed E-state index contributed by atoms with van der Waals surface area (Å²) in [5, 5.41) is 0.176. The molecule has 1 aromatic rings. The molecule has 1 heterocycles. The number of hydrogen-bond acceptors (Lipinski definition) is 5. The van der Waals surface area contributed by atoms with Gasteiger partial charge < -0.3 is 14.9 Å². The standard InChI is InChI=1S/C13H19NO3S/c1-16-12(15)7-13(4-5-13)9-18-11(8-14)10-3-2-6-17-10/h2-3,6,11H,4-5,7-9,14H2,1H3. The molecule has 100 valence electrons. The van der Waals surface area contributed by atoms with Crippen LogP contribution in [0.3, 0.4) is 0 Å². The van der Waals surface area contributed by atoms with Gasteiger partial charge in [-0.25, -0.2) is 0 Å². The van der Waals surface area contributed by atoms with E-state index in [4.69, 9.17) is 14.9 Å². The molecule has 0 amide bonds. The Morgan fingerprint density at radius 2 is 2.44 bits per heavy atom. The van der Waals surface area contributed by atoms with Crippen LogP contribution < -0.4 is 5.73 Å². The first kappa shape index (κ1) is 13.5. The van der Waals surface area contributed by atoms with E-state index in [1.54, 1.807) is 18.0 Å². The highest BCUT2D eigenvalue weighted by Crippen LogP contribution is 2.52. The minimum Gasteiger partial charge on any atom is -0.469 e. The Labute approximate surface area is 111 Å². The Morgan fingerprint density at radius 3 is 2.94 bits per heavy atom. The van der Waals surface area contributed by atoms with E-state index in [9.17, 15) is 4.79 Å². The monoisotopic (exact) mass is 269 g/mol. The van der Waals surface area contributed by atoms with Crippen molar-refractivity contribution in [3.8, 4) is 0 Å². The molecule has 0 spiro atoms. The second-order valence-electron chi connectivity index (χ2n) is 4.80. The van der Waals surface area contributed by atoms with E-state index >= 15 is 0 Å². The molecule has 0 radical (unpaired) electrons. The number of esters is 1. The van der Waals surface area contributed by atoms with E-state index in [0.29, 0.717) is 13.0 Å². The van der Waals surface area contributed by atoms with Crippen LogP contribution in [-0.4, -0.2) is 25.4 Å². The highest BCUT2D eigenvalue weighted by Gasteiger charge is 2.45. The zero-order chi connectivity index (χ0) is 13.0. The minimum atomic E-state index is -0.115. The molecular formula is C13H19NO3S. The van der Waals surface area contributed by atoms with Crippen LogP contribution in [0.5, 0.6) is 0 Å². The summed E-state index contributed by atoms with van der Waals surface area (Å²) in [5.74, 6) is 1.73. The quantitative estimate of drug-likeness (QED) is 0.770. The van der Waals surface area contributed by atoms with E-state index in [0.717, 1.165) is 24.4 Å². The van der Waals surface area contributed by atoms with Crippen LogP contribution >= 0.6 is 11.8 Å². The first-order chi connectivity index (χ1) is 8.69. The molecule has 1 aliphatic rings. The molecule has 0 aliphatic heterocycles. The van der Waals surface area contributed by atoms with E-state index < -0.39 is 0 Å². The lowest BCUT2D eigenvalue weighted by Gasteiger charge is -2.17. The van der Waals surface area contributed by atoms with Crippen molar-refractivity contribution in [3.63, 3.8) is 0 Å². The lowest BCUT2D eigenvalue weighted by atomic mass is 10.1. The van der Waals surface area contributed by atoms with Gasteiger partial charge in [0.1, 0.15) is 5.76 Å². The number of carbonyl (C=O) groups is 1. The molecule has 1 aromatic heterocycles. The van der Waals surface area contributed by atoms with Gasteiger partial charge in [-0.1, -0.05) is 0 Å². The molecule has 2 N–H and O–H groups in total. The Hall–Kier alpha value is -0.940. The van der Waals surface area contributed by atoms with Gasteiger partial charge in [0.05, 0.1) is 25.0 Å². The first-order valence-electron chi connectivity index (χ1n) is 6.11. The lowest BCUT2D eigenvalue weighted by molar-refractivity contribution is -0.141. The molecule has 5 heteroatoms. The topological polar surface area (TPSA) is 65.5 Å². The molecule has 4 nitrogen and oxygen atoms in total. The molecule has 1 atom stereocenters. The number of rotatable bonds is 7. The van der Waals surface area contributed by atoms with Crippen molar-refractivity contribution in [2.75, 3.05) is 19.4 Å². The third kappa shape index (κ3) is 3.29. The average molecular weight is 269 g/mol. The molecule has 2 rings (SSSR count). The summed E-state index contributed by atoms with van der Waals surface area (Å²) in [7, 11) is 1.44. The fraction of sp³-hybridized carbons (Fsp3) is 0.615. The van der Waals surface area contributed by atoms with Gasteiger partial charge >= 0.3 is 5.97 Å². The molecule has 0 aromatic carbocycles. The maximum Gasteiger partial charge on any atom is 0.306 e. The minimum absolute atomic E-state index is 0.115. The first-order valence-corrected chi connectivity index (χ1v) is 7.16. The van der Waals surface area contributed by atoms with E-state index in [2.05, 4.69) is 0 Å². The van der Waals surface area contributed by atoms with Crippen molar-refractivity contribution < 1.29 is 13.9 Å². The van der Waals surface area contributed by atoms with Gasteiger partial charge in [-0.3, -0.25) is 4.79 Å². The number of thioether (sulfide) groups is 1. The molecule has 0 bridgehead atoms. The van der Waals surface area contributed by atoms with Gasteiger partial charge in [0.15, 0.2) is 0 Å². The Bertz CT molecular complexity index is 387. The van der Waals surface area contributed by atoms with Crippen molar-refractivity contribution in [2.24, 2.45) is 11.1 Å². The van der Waals surface area contributed by atoms with Crippen LogP contribution in [0.2, 0.25) is 0 Å². The van der Waals surface area contributed by atoms with Crippen LogP contribution in [0.4, 0.5) is 0 Å². The predicted molar refractivity (Wildman–Crippen MR) is 71.3 cm³/mol. The Balaban J connectivity index is 1.85. The van der Waals surface area contributed by atoms with Crippen molar-refractivity contribution in [1.82, 2.24) is 0 Å². The molecule has 1 unspecified atom stereocenters. The van der Waals surface area contributed by atoms with Gasteiger partial charge in [-0.05, 0) is 30.4 Å². The zero-order valence-electron chi connectivity index (χ0n) is 10.6. The summed E-state index contributed by atoms with van der Waals surface area (Å²) in [6.07, 6.45) is 4.39. The molecule has 1 fully saturated rings. The fourth-order valence-corrected chi connectivity index (χ4v) is 3.33. The number of carbonyl (C=O) groups excluding carboxylic acids is 1. The number of furan rings is 1. The van der Waals surface area contributed by atoms with Crippen LogP contribution in [0.25, 0.3) is 0 Å². The van der Waals surface area contributed by atoms with Gasteiger partial charge in [0.25, 0.3) is 0 Å². The van der Waals surface area contributed by atoms with Gasteiger partial charge in [0, 0.05) is 12.3 Å². The third-order valence-corrected chi connectivity index (χ3v) is 4.98. The predicted octanol–water partition coefficient (Wildman–Crippen LogP) is 2.36. The Kier molecular flexibility index (Phi) is 4.35. The summed E-state index contributed by atoms with van der Waals surface area (Å²) >= 11 is 1.77. The van der Waals surface area contributed by atoms with Crippen LogP contribution in [-0.2, 0) is 9.53 Å². The smallest absolute Gasteiger partial charge is 0.306 e. The van der Waals surface area contributed by atoms with E-state index in [-0.39, 0.29) is 16.6 Å².